The summed E-state index contributed by atoms with van der Waals surface area (Å²) in [7, 11) is 1.87. The van der Waals surface area contributed by atoms with E-state index in [1.165, 1.54) is 5.56 Å². The number of anilines is 1. The molecule has 0 radical (unpaired) electrons. The molecule has 4 rings (SSSR count). The largest absolute Gasteiger partial charge is 0.365 e. The van der Waals surface area contributed by atoms with E-state index in [-0.39, 0.29) is 0 Å². The Morgan fingerprint density at radius 3 is 2.75 bits per heavy atom. The first-order valence-electron chi connectivity index (χ1n) is 7.59. The van der Waals surface area contributed by atoms with E-state index >= 15 is 0 Å². The van der Waals surface area contributed by atoms with Gasteiger partial charge in [0.05, 0.1) is 22.3 Å². The summed E-state index contributed by atoms with van der Waals surface area (Å²) >= 11 is 1.67. The maximum absolute atomic E-state index is 4.52. The van der Waals surface area contributed by atoms with Crippen molar-refractivity contribution in [1.82, 2.24) is 24.7 Å². The highest BCUT2D eigenvalue weighted by atomic mass is 32.1. The van der Waals surface area contributed by atoms with Crippen molar-refractivity contribution < 1.29 is 0 Å². The highest BCUT2D eigenvalue weighted by Crippen LogP contribution is 2.23. The van der Waals surface area contributed by atoms with Gasteiger partial charge < -0.3 is 5.32 Å². The van der Waals surface area contributed by atoms with E-state index in [2.05, 4.69) is 55.0 Å². The maximum atomic E-state index is 4.52. The summed E-state index contributed by atoms with van der Waals surface area (Å²) in [5, 5.41) is 11.7. The standard InChI is InChI=1S/C17H16N6S/c1-11-22-15(9-24-11)13-5-3-12(4-6-13)7-18-16-14-8-21-23(2)17(14)20-10-19-16/h3-6,8-10H,7H2,1-2H3,(H,18,19,20). The Morgan fingerprint density at radius 2 is 2.00 bits per heavy atom. The van der Waals surface area contributed by atoms with Crippen molar-refractivity contribution in [1.29, 1.82) is 0 Å². The first-order chi connectivity index (χ1) is 11.7. The Labute approximate surface area is 143 Å². The van der Waals surface area contributed by atoms with E-state index in [0.717, 1.165) is 33.1 Å². The number of hydrogen-bond donors (Lipinski definition) is 1. The van der Waals surface area contributed by atoms with Crippen LogP contribution in [0.3, 0.4) is 0 Å². The Kier molecular flexibility index (Phi) is 3.70. The molecule has 0 amide bonds. The number of aryl methyl sites for hydroxylation is 2. The summed E-state index contributed by atoms with van der Waals surface area (Å²) in [6.45, 7) is 2.71. The van der Waals surface area contributed by atoms with Crippen LogP contribution in [-0.2, 0) is 13.6 Å². The molecule has 120 valence electrons. The van der Waals surface area contributed by atoms with Crippen LogP contribution >= 0.6 is 11.3 Å². The number of hydrogen-bond acceptors (Lipinski definition) is 6. The summed E-state index contributed by atoms with van der Waals surface area (Å²) in [5.74, 6) is 0.798. The van der Waals surface area contributed by atoms with E-state index in [4.69, 9.17) is 0 Å². The van der Waals surface area contributed by atoms with Gasteiger partial charge in [-0.3, -0.25) is 4.68 Å². The van der Waals surface area contributed by atoms with Crippen LogP contribution in [0.15, 0.2) is 42.2 Å². The van der Waals surface area contributed by atoms with Crippen LogP contribution in [-0.4, -0.2) is 24.7 Å². The molecule has 3 aromatic heterocycles. The van der Waals surface area contributed by atoms with Gasteiger partial charge in [-0.15, -0.1) is 11.3 Å². The van der Waals surface area contributed by atoms with Gasteiger partial charge in [0.1, 0.15) is 12.1 Å². The fourth-order valence-corrected chi connectivity index (χ4v) is 3.20. The lowest BCUT2D eigenvalue weighted by molar-refractivity contribution is 0.785. The summed E-state index contributed by atoms with van der Waals surface area (Å²) in [6, 6.07) is 8.42. The van der Waals surface area contributed by atoms with Gasteiger partial charge in [0.15, 0.2) is 5.65 Å². The molecule has 0 saturated heterocycles. The number of rotatable bonds is 4. The SMILES string of the molecule is Cc1nc(-c2ccc(CNc3ncnc4c3cnn4C)cc2)cs1. The van der Waals surface area contributed by atoms with Gasteiger partial charge in [0.2, 0.25) is 0 Å². The lowest BCUT2D eigenvalue weighted by atomic mass is 10.1. The molecule has 0 unspecified atom stereocenters. The third-order valence-corrected chi connectivity index (χ3v) is 4.63. The predicted molar refractivity (Wildman–Crippen MR) is 95.9 cm³/mol. The highest BCUT2D eigenvalue weighted by molar-refractivity contribution is 7.09. The zero-order valence-corrected chi connectivity index (χ0v) is 14.2. The van der Waals surface area contributed by atoms with E-state index in [1.54, 1.807) is 28.5 Å². The zero-order valence-electron chi connectivity index (χ0n) is 13.4. The van der Waals surface area contributed by atoms with Crippen molar-refractivity contribution in [2.75, 3.05) is 5.32 Å². The molecule has 0 atom stereocenters. The van der Waals surface area contributed by atoms with E-state index < -0.39 is 0 Å². The zero-order chi connectivity index (χ0) is 16.5. The minimum atomic E-state index is 0.692. The van der Waals surface area contributed by atoms with Crippen LogP contribution in [0.5, 0.6) is 0 Å². The molecule has 0 saturated carbocycles. The quantitative estimate of drug-likeness (QED) is 0.618. The van der Waals surface area contributed by atoms with Gasteiger partial charge in [0.25, 0.3) is 0 Å². The van der Waals surface area contributed by atoms with E-state index in [0.29, 0.717) is 6.54 Å². The lowest BCUT2D eigenvalue weighted by Crippen LogP contribution is -2.02. The van der Waals surface area contributed by atoms with E-state index in [9.17, 15) is 0 Å². The molecule has 0 aliphatic rings. The molecule has 4 aromatic rings. The Hall–Kier alpha value is -2.80. The van der Waals surface area contributed by atoms with Crippen LogP contribution < -0.4 is 5.32 Å². The number of benzene rings is 1. The van der Waals surface area contributed by atoms with Crippen LogP contribution in [0.2, 0.25) is 0 Å². The summed E-state index contributed by atoms with van der Waals surface area (Å²) in [5.41, 5.74) is 4.17. The van der Waals surface area contributed by atoms with Gasteiger partial charge in [0, 0.05) is 24.5 Å². The third kappa shape index (κ3) is 2.74. The van der Waals surface area contributed by atoms with Crippen molar-refractivity contribution >= 4 is 28.2 Å². The van der Waals surface area contributed by atoms with Crippen molar-refractivity contribution in [2.24, 2.45) is 7.05 Å². The first-order valence-corrected chi connectivity index (χ1v) is 8.47. The molecule has 24 heavy (non-hydrogen) atoms. The van der Waals surface area contributed by atoms with Crippen LogP contribution in [0.1, 0.15) is 10.6 Å². The second-order valence-electron chi connectivity index (χ2n) is 5.53. The Bertz CT molecular complexity index is 986. The van der Waals surface area contributed by atoms with E-state index in [1.807, 2.05) is 14.0 Å². The first kappa shape index (κ1) is 14.8. The van der Waals surface area contributed by atoms with Crippen molar-refractivity contribution in [3.05, 3.63) is 52.7 Å². The third-order valence-electron chi connectivity index (χ3n) is 3.86. The maximum Gasteiger partial charge on any atom is 0.163 e. The lowest BCUT2D eigenvalue weighted by Gasteiger charge is -2.07. The number of thiazole rings is 1. The van der Waals surface area contributed by atoms with Crippen LogP contribution in [0.4, 0.5) is 5.82 Å². The topological polar surface area (TPSA) is 68.5 Å². The smallest absolute Gasteiger partial charge is 0.163 e. The average Bonchev–Trinajstić information content (AvgIpc) is 3.20. The van der Waals surface area contributed by atoms with Gasteiger partial charge in [-0.25, -0.2) is 15.0 Å². The molecule has 6 nitrogen and oxygen atoms in total. The van der Waals surface area contributed by atoms with Gasteiger partial charge in [-0.1, -0.05) is 24.3 Å². The second-order valence-corrected chi connectivity index (χ2v) is 6.59. The minimum absolute atomic E-state index is 0.692. The second kappa shape index (κ2) is 6.01. The number of nitrogens with zero attached hydrogens (tertiary/aromatic N) is 5. The van der Waals surface area contributed by atoms with Gasteiger partial charge in [-0.2, -0.15) is 5.10 Å². The molecule has 1 N–H and O–H groups in total. The Morgan fingerprint density at radius 1 is 1.17 bits per heavy atom. The minimum Gasteiger partial charge on any atom is -0.365 e. The Balaban J connectivity index is 1.51. The molecular formula is C17H16N6S. The molecule has 7 heteroatoms. The molecule has 1 aromatic carbocycles. The predicted octanol–water partition coefficient (Wildman–Crippen LogP) is 3.41. The number of fused-ring (bicyclic) bond motifs is 1. The van der Waals surface area contributed by atoms with Crippen LogP contribution in [0.25, 0.3) is 22.3 Å². The van der Waals surface area contributed by atoms with Gasteiger partial charge >= 0.3 is 0 Å². The fraction of sp³-hybridized carbons (Fsp3) is 0.176. The number of nitrogens with one attached hydrogen (secondary N) is 1. The van der Waals surface area contributed by atoms with Crippen molar-refractivity contribution in [3.8, 4) is 11.3 Å². The molecule has 0 fully saturated rings. The van der Waals surface area contributed by atoms with Crippen LogP contribution in [0, 0.1) is 6.92 Å². The average molecular weight is 336 g/mol. The molecular weight excluding hydrogens is 320 g/mol. The molecule has 0 spiro atoms. The van der Waals surface area contributed by atoms with Crippen molar-refractivity contribution in [2.45, 2.75) is 13.5 Å². The fourth-order valence-electron chi connectivity index (χ4n) is 2.58. The van der Waals surface area contributed by atoms with Gasteiger partial charge in [-0.05, 0) is 12.5 Å². The summed E-state index contributed by atoms with van der Waals surface area (Å²) in [6.07, 6.45) is 3.34. The van der Waals surface area contributed by atoms with Crippen molar-refractivity contribution in [3.63, 3.8) is 0 Å². The molecule has 0 aliphatic heterocycles. The molecule has 0 bridgehead atoms. The normalized spacial score (nSPS) is 11.1. The molecule has 3 heterocycles. The number of aromatic nitrogens is 5. The highest BCUT2D eigenvalue weighted by Gasteiger charge is 2.07. The summed E-state index contributed by atoms with van der Waals surface area (Å²) in [4.78, 5) is 13.1. The molecule has 0 aliphatic carbocycles. The monoisotopic (exact) mass is 336 g/mol. The summed E-state index contributed by atoms with van der Waals surface area (Å²) < 4.78 is 1.74.